The highest BCUT2D eigenvalue weighted by Gasteiger charge is 2.00. The minimum atomic E-state index is -0.414. The number of nitrogens with one attached hydrogen (secondary N) is 3. The van der Waals surface area contributed by atoms with Gasteiger partial charge in [0.15, 0.2) is 0 Å². The lowest BCUT2D eigenvalue weighted by Crippen LogP contribution is -2.44. The summed E-state index contributed by atoms with van der Waals surface area (Å²) in [7, 11) is 3.39. The Labute approximate surface area is 71.9 Å². The SMILES string of the molecule is C/C=C\C(=N)NC(=O)NN(C)C. The first-order valence-corrected chi connectivity index (χ1v) is 3.52. The van der Waals surface area contributed by atoms with Gasteiger partial charge in [0.1, 0.15) is 5.84 Å². The first-order valence-electron chi connectivity index (χ1n) is 3.52. The maximum atomic E-state index is 10.9. The third-order valence-electron chi connectivity index (χ3n) is 0.907. The van der Waals surface area contributed by atoms with Crippen molar-refractivity contribution in [3.05, 3.63) is 12.2 Å². The van der Waals surface area contributed by atoms with Crippen molar-refractivity contribution < 1.29 is 4.79 Å². The number of hydrogen-bond acceptors (Lipinski definition) is 3. The van der Waals surface area contributed by atoms with Gasteiger partial charge >= 0.3 is 6.03 Å². The Morgan fingerprint density at radius 1 is 1.50 bits per heavy atom. The number of amides is 2. The standard InChI is InChI=1S/C7H14N4O/c1-4-5-6(8)9-7(12)10-11(2)3/h4-5H,1-3H3,(H3,8,9,10,12)/b5-4-. The van der Waals surface area contributed by atoms with Gasteiger partial charge in [-0.3, -0.25) is 16.2 Å². The zero-order valence-electron chi connectivity index (χ0n) is 7.51. The third-order valence-corrected chi connectivity index (χ3v) is 0.907. The van der Waals surface area contributed by atoms with Crippen LogP contribution in [0.15, 0.2) is 12.2 Å². The van der Waals surface area contributed by atoms with E-state index in [1.54, 1.807) is 27.1 Å². The number of nitrogens with zero attached hydrogens (tertiary/aromatic N) is 1. The van der Waals surface area contributed by atoms with Crippen LogP contribution in [-0.4, -0.2) is 31.0 Å². The molecule has 0 fully saturated rings. The molecular weight excluding hydrogens is 156 g/mol. The second kappa shape index (κ2) is 5.31. The molecule has 0 rings (SSSR count). The average Bonchev–Trinajstić information content (AvgIpc) is 1.84. The molecule has 2 amide bonds. The van der Waals surface area contributed by atoms with Gasteiger partial charge in [-0.25, -0.2) is 9.80 Å². The predicted molar refractivity (Wildman–Crippen MR) is 47.9 cm³/mol. The molecule has 12 heavy (non-hydrogen) atoms. The van der Waals surface area contributed by atoms with Crippen molar-refractivity contribution >= 4 is 11.9 Å². The van der Waals surface area contributed by atoms with E-state index in [4.69, 9.17) is 5.41 Å². The van der Waals surface area contributed by atoms with Crippen LogP contribution in [0.2, 0.25) is 0 Å². The quantitative estimate of drug-likeness (QED) is 0.317. The Balaban J connectivity index is 3.77. The molecule has 0 unspecified atom stereocenters. The fraction of sp³-hybridized carbons (Fsp3) is 0.429. The smallest absolute Gasteiger partial charge is 0.292 e. The van der Waals surface area contributed by atoms with Crippen LogP contribution in [0.3, 0.4) is 0 Å². The van der Waals surface area contributed by atoms with Gasteiger partial charge in [0, 0.05) is 14.1 Å². The van der Waals surface area contributed by atoms with Crippen LogP contribution >= 0.6 is 0 Å². The van der Waals surface area contributed by atoms with E-state index in [1.165, 1.54) is 11.1 Å². The molecule has 5 nitrogen and oxygen atoms in total. The van der Waals surface area contributed by atoms with E-state index in [1.807, 2.05) is 0 Å². The molecule has 0 aromatic carbocycles. The molecule has 68 valence electrons. The van der Waals surface area contributed by atoms with Crippen molar-refractivity contribution in [1.82, 2.24) is 15.8 Å². The van der Waals surface area contributed by atoms with Crippen LogP contribution in [0.1, 0.15) is 6.92 Å². The highest BCUT2D eigenvalue weighted by molar-refractivity contribution is 6.01. The van der Waals surface area contributed by atoms with Crippen molar-refractivity contribution in [1.29, 1.82) is 5.41 Å². The normalized spacial score (nSPS) is 10.3. The second-order valence-corrected chi connectivity index (χ2v) is 2.37. The van der Waals surface area contributed by atoms with Crippen molar-refractivity contribution in [2.75, 3.05) is 14.1 Å². The third kappa shape index (κ3) is 5.43. The highest BCUT2D eigenvalue weighted by atomic mass is 16.2. The Kier molecular flexibility index (Phi) is 4.71. The van der Waals surface area contributed by atoms with E-state index >= 15 is 0 Å². The van der Waals surface area contributed by atoms with Gasteiger partial charge < -0.3 is 0 Å². The lowest BCUT2D eigenvalue weighted by Gasteiger charge is -2.11. The summed E-state index contributed by atoms with van der Waals surface area (Å²) in [6, 6.07) is -0.414. The molecule has 0 heterocycles. The molecule has 3 N–H and O–H groups in total. The fourth-order valence-electron chi connectivity index (χ4n) is 0.562. The second-order valence-electron chi connectivity index (χ2n) is 2.37. The van der Waals surface area contributed by atoms with Crippen LogP contribution in [-0.2, 0) is 0 Å². The number of amidine groups is 1. The number of carbonyl (C=O) groups excluding carboxylic acids is 1. The van der Waals surface area contributed by atoms with E-state index in [0.29, 0.717) is 0 Å². The molecule has 0 atom stereocenters. The number of rotatable bonds is 2. The van der Waals surface area contributed by atoms with Crippen molar-refractivity contribution in [2.24, 2.45) is 0 Å². The number of urea groups is 1. The summed E-state index contributed by atoms with van der Waals surface area (Å²) < 4.78 is 0. The fourth-order valence-corrected chi connectivity index (χ4v) is 0.562. The Hall–Kier alpha value is -1.36. The molecule has 0 saturated carbocycles. The first-order chi connectivity index (χ1) is 5.56. The minimum Gasteiger partial charge on any atom is -0.292 e. The first kappa shape index (κ1) is 10.6. The van der Waals surface area contributed by atoms with E-state index in [-0.39, 0.29) is 5.84 Å². The lowest BCUT2D eigenvalue weighted by atomic mass is 10.5. The summed E-state index contributed by atoms with van der Waals surface area (Å²) in [5, 5.41) is 11.0. The van der Waals surface area contributed by atoms with Gasteiger partial charge in [0.05, 0.1) is 0 Å². The Morgan fingerprint density at radius 3 is 2.50 bits per heavy atom. The molecule has 0 aliphatic carbocycles. The summed E-state index contributed by atoms with van der Waals surface area (Å²) in [6.07, 6.45) is 3.17. The Bertz CT molecular complexity index is 198. The number of carbonyl (C=O) groups is 1. The molecule has 0 aromatic rings. The van der Waals surface area contributed by atoms with Crippen molar-refractivity contribution in [3.63, 3.8) is 0 Å². The molecular formula is C7H14N4O. The molecule has 0 radical (unpaired) electrons. The summed E-state index contributed by atoms with van der Waals surface area (Å²) in [4.78, 5) is 10.9. The van der Waals surface area contributed by atoms with Crippen LogP contribution in [0.25, 0.3) is 0 Å². The predicted octanol–water partition coefficient (Wildman–Crippen LogP) is 0.316. The molecule has 0 aromatic heterocycles. The van der Waals surface area contributed by atoms with Crippen LogP contribution in [0, 0.1) is 5.41 Å². The van der Waals surface area contributed by atoms with Gasteiger partial charge in [-0.1, -0.05) is 6.08 Å². The Morgan fingerprint density at radius 2 is 2.08 bits per heavy atom. The summed E-state index contributed by atoms with van der Waals surface area (Å²) in [5.74, 6) is 0.0665. The topological polar surface area (TPSA) is 68.2 Å². The molecule has 0 aliphatic rings. The minimum absolute atomic E-state index is 0.0665. The highest BCUT2D eigenvalue weighted by Crippen LogP contribution is 1.74. The number of hydrazine groups is 1. The maximum Gasteiger partial charge on any atom is 0.334 e. The van der Waals surface area contributed by atoms with Gasteiger partial charge in [0.2, 0.25) is 0 Å². The van der Waals surface area contributed by atoms with E-state index in [9.17, 15) is 4.79 Å². The zero-order chi connectivity index (χ0) is 9.56. The molecule has 0 bridgehead atoms. The number of hydrogen-bond donors (Lipinski definition) is 3. The van der Waals surface area contributed by atoms with Gasteiger partial charge in [-0.2, -0.15) is 0 Å². The van der Waals surface area contributed by atoms with Crippen LogP contribution < -0.4 is 10.7 Å². The zero-order valence-corrected chi connectivity index (χ0v) is 7.51. The average molecular weight is 170 g/mol. The number of allylic oxidation sites excluding steroid dienone is 1. The van der Waals surface area contributed by atoms with Crippen LogP contribution in [0.4, 0.5) is 4.79 Å². The van der Waals surface area contributed by atoms with Crippen molar-refractivity contribution in [2.45, 2.75) is 6.92 Å². The molecule has 0 aliphatic heterocycles. The summed E-state index contributed by atoms with van der Waals surface area (Å²) >= 11 is 0. The van der Waals surface area contributed by atoms with Gasteiger partial charge in [-0.05, 0) is 13.0 Å². The summed E-state index contributed by atoms with van der Waals surface area (Å²) in [6.45, 7) is 1.78. The lowest BCUT2D eigenvalue weighted by molar-refractivity contribution is 0.217. The van der Waals surface area contributed by atoms with Gasteiger partial charge in [-0.15, -0.1) is 0 Å². The van der Waals surface area contributed by atoms with Crippen LogP contribution in [0.5, 0.6) is 0 Å². The van der Waals surface area contributed by atoms with Crippen molar-refractivity contribution in [3.8, 4) is 0 Å². The molecule has 0 saturated heterocycles. The van der Waals surface area contributed by atoms with E-state index < -0.39 is 6.03 Å². The largest absolute Gasteiger partial charge is 0.334 e. The van der Waals surface area contributed by atoms with Gasteiger partial charge in [0.25, 0.3) is 0 Å². The monoisotopic (exact) mass is 170 g/mol. The maximum absolute atomic E-state index is 10.9. The van der Waals surface area contributed by atoms with E-state index in [2.05, 4.69) is 10.7 Å². The summed E-state index contributed by atoms with van der Waals surface area (Å²) in [5.41, 5.74) is 2.44. The molecule has 0 spiro atoms. The molecule has 5 heteroatoms. The van der Waals surface area contributed by atoms with E-state index in [0.717, 1.165) is 0 Å².